The molecule has 0 saturated carbocycles. The van der Waals surface area contributed by atoms with Crippen LogP contribution in [0, 0.1) is 5.82 Å². The maximum absolute atomic E-state index is 14.6. The van der Waals surface area contributed by atoms with Gasteiger partial charge in [-0.2, -0.15) is 0 Å². The van der Waals surface area contributed by atoms with Gasteiger partial charge in [-0.3, -0.25) is 18.7 Å². The first-order chi connectivity index (χ1) is 19.4. The summed E-state index contributed by atoms with van der Waals surface area (Å²) in [4.78, 5) is 39.8. The van der Waals surface area contributed by atoms with Crippen LogP contribution < -0.4 is 26.0 Å². The highest BCUT2D eigenvalue weighted by molar-refractivity contribution is 5.94. The molecule has 0 aliphatic rings. The predicted octanol–water partition coefficient (Wildman–Crippen LogP) is 3.94. The summed E-state index contributed by atoms with van der Waals surface area (Å²) < 4.78 is 33.0. The molecule has 5 aromatic rings. The number of aromatic nitrogens is 2. The van der Waals surface area contributed by atoms with Crippen LogP contribution in [0.1, 0.15) is 27.2 Å². The monoisotopic (exact) mass is 543 g/mol. The summed E-state index contributed by atoms with van der Waals surface area (Å²) in [5, 5.41) is 2.98. The molecule has 0 bridgehead atoms. The number of halogens is 1. The summed E-state index contributed by atoms with van der Waals surface area (Å²) in [6.45, 7) is 0.0793. The van der Waals surface area contributed by atoms with Gasteiger partial charge < -0.3 is 19.2 Å². The molecular formula is C30H26FN3O6. The lowest BCUT2D eigenvalue weighted by atomic mass is 10.1. The highest BCUT2D eigenvalue weighted by Crippen LogP contribution is 2.30. The van der Waals surface area contributed by atoms with Crippen LogP contribution in [0.5, 0.6) is 11.5 Å². The molecule has 3 aromatic carbocycles. The zero-order valence-corrected chi connectivity index (χ0v) is 21.8. The molecule has 0 aliphatic carbocycles. The number of ether oxygens (including phenoxy) is 2. The summed E-state index contributed by atoms with van der Waals surface area (Å²) >= 11 is 0. The van der Waals surface area contributed by atoms with Crippen molar-refractivity contribution in [3.8, 4) is 11.5 Å². The molecule has 1 N–H and O–H groups in total. The van der Waals surface area contributed by atoms with E-state index in [1.54, 1.807) is 54.6 Å². The maximum Gasteiger partial charge on any atom is 0.332 e. The van der Waals surface area contributed by atoms with Crippen LogP contribution in [-0.2, 0) is 19.6 Å². The molecule has 1 amide bonds. The number of rotatable bonds is 9. The smallest absolute Gasteiger partial charge is 0.332 e. The lowest BCUT2D eigenvalue weighted by molar-refractivity contribution is 0.0948. The lowest BCUT2D eigenvalue weighted by Crippen LogP contribution is -2.40. The Morgan fingerprint density at radius 3 is 2.30 bits per heavy atom. The Morgan fingerprint density at radius 2 is 1.62 bits per heavy atom. The van der Waals surface area contributed by atoms with Gasteiger partial charge in [0.1, 0.15) is 11.6 Å². The van der Waals surface area contributed by atoms with E-state index in [-0.39, 0.29) is 42.0 Å². The van der Waals surface area contributed by atoms with Gasteiger partial charge in [0.15, 0.2) is 11.5 Å². The number of benzene rings is 3. The van der Waals surface area contributed by atoms with Crippen LogP contribution in [0.3, 0.4) is 0 Å². The number of nitrogens with zero attached hydrogens (tertiary/aromatic N) is 2. The molecule has 9 nitrogen and oxygen atoms in total. The van der Waals surface area contributed by atoms with E-state index < -0.39 is 17.1 Å². The van der Waals surface area contributed by atoms with E-state index in [1.807, 2.05) is 0 Å². The quantitative estimate of drug-likeness (QED) is 0.302. The Balaban J connectivity index is 1.53. The van der Waals surface area contributed by atoms with Crippen molar-refractivity contribution in [2.24, 2.45) is 0 Å². The van der Waals surface area contributed by atoms with E-state index in [0.29, 0.717) is 28.4 Å². The normalized spacial score (nSPS) is 11.0. The van der Waals surface area contributed by atoms with Crippen molar-refractivity contribution in [2.45, 2.75) is 19.6 Å². The average molecular weight is 544 g/mol. The second-order valence-corrected chi connectivity index (χ2v) is 9.03. The third-order valence-corrected chi connectivity index (χ3v) is 6.58. The second kappa shape index (κ2) is 11.3. The van der Waals surface area contributed by atoms with Crippen LogP contribution in [0.2, 0.25) is 0 Å². The Morgan fingerprint density at radius 1 is 0.900 bits per heavy atom. The number of furan rings is 1. The third kappa shape index (κ3) is 5.24. The number of hydrogen-bond acceptors (Lipinski definition) is 6. The Kier molecular flexibility index (Phi) is 7.50. The topological polar surface area (TPSA) is 105 Å². The molecule has 10 heteroatoms. The summed E-state index contributed by atoms with van der Waals surface area (Å²) in [5.41, 5.74) is 0.458. The number of amides is 1. The molecule has 0 fully saturated rings. The SMILES string of the molecule is COc1cc2c(=O)n(Cc3ccc(C(=O)NCc4ccco4)cc3)c(=O)n(Cc3ccccc3F)c2cc1OC. The van der Waals surface area contributed by atoms with Crippen LogP contribution in [0.25, 0.3) is 10.9 Å². The van der Waals surface area contributed by atoms with Gasteiger partial charge in [0.2, 0.25) is 0 Å². The number of methoxy groups -OCH3 is 2. The van der Waals surface area contributed by atoms with E-state index >= 15 is 0 Å². The Hall–Kier alpha value is -5.12. The molecule has 0 radical (unpaired) electrons. The van der Waals surface area contributed by atoms with Crippen molar-refractivity contribution >= 4 is 16.8 Å². The van der Waals surface area contributed by atoms with Gasteiger partial charge in [-0.15, -0.1) is 0 Å². The fraction of sp³-hybridized carbons (Fsp3) is 0.167. The van der Waals surface area contributed by atoms with Gasteiger partial charge in [0.25, 0.3) is 11.5 Å². The zero-order chi connectivity index (χ0) is 28.2. The fourth-order valence-electron chi connectivity index (χ4n) is 4.46. The van der Waals surface area contributed by atoms with E-state index in [4.69, 9.17) is 13.9 Å². The molecule has 40 heavy (non-hydrogen) atoms. The van der Waals surface area contributed by atoms with Gasteiger partial charge >= 0.3 is 5.69 Å². The fourth-order valence-corrected chi connectivity index (χ4v) is 4.46. The van der Waals surface area contributed by atoms with Gasteiger partial charge in [0, 0.05) is 17.2 Å². The minimum Gasteiger partial charge on any atom is -0.493 e. The zero-order valence-electron chi connectivity index (χ0n) is 21.8. The minimum absolute atomic E-state index is 0.0620. The molecule has 0 aliphatic heterocycles. The first kappa shape index (κ1) is 26.5. The summed E-state index contributed by atoms with van der Waals surface area (Å²) in [6, 6.07) is 19.3. The number of nitrogens with one attached hydrogen (secondary N) is 1. The first-order valence-electron chi connectivity index (χ1n) is 12.4. The Bertz CT molecular complexity index is 1790. The molecule has 0 unspecified atom stereocenters. The number of carbonyl (C=O) groups is 1. The third-order valence-electron chi connectivity index (χ3n) is 6.58. The molecular weight excluding hydrogens is 517 g/mol. The molecule has 0 atom stereocenters. The van der Waals surface area contributed by atoms with Gasteiger partial charge in [0.05, 0.1) is 51.0 Å². The van der Waals surface area contributed by atoms with Crippen molar-refractivity contribution < 1.29 is 23.1 Å². The van der Waals surface area contributed by atoms with Crippen molar-refractivity contribution in [3.63, 3.8) is 0 Å². The summed E-state index contributed by atoms with van der Waals surface area (Å²) in [7, 11) is 2.90. The van der Waals surface area contributed by atoms with Crippen molar-refractivity contribution in [3.05, 3.63) is 128 Å². The van der Waals surface area contributed by atoms with Crippen molar-refractivity contribution in [1.29, 1.82) is 0 Å². The molecule has 0 spiro atoms. The van der Waals surface area contributed by atoms with Crippen LogP contribution in [0.4, 0.5) is 4.39 Å². The molecule has 2 heterocycles. The highest BCUT2D eigenvalue weighted by Gasteiger charge is 2.19. The summed E-state index contributed by atoms with van der Waals surface area (Å²) in [5.74, 6) is 0.511. The predicted molar refractivity (Wildman–Crippen MR) is 146 cm³/mol. The van der Waals surface area contributed by atoms with Gasteiger partial charge in [-0.25, -0.2) is 9.18 Å². The van der Waals surface area contributed by atoms with Crippen molar-refractivity contribution in [2.75, 3.05) is 14.2 Å². The van der Waals surface area contributed by atoms with E-state index in [2.05, 4.69) is 5.32 Å². The van der Waals surface area contributed by atoms with E-state index in [9.17, 15) is 18.8 Å². The molecule has 0 saturated heterocycles. The van der Waals surface area contributed by atoms with Gasteiger partial charge in [-0.05, 0) is 42.0 Å². The van der Waals surface area contributed by atoms with Crippen LogP contribution >= 0.6 is 0 Å². The number of carbonyl (C=O) groups excluding carboxylic acids is 1. The van der Waals surface area contributed by atoms with Crippen LogP contribution in [0.15, 0.2) is 93.1 Å². The van der Waals surface area contributed by atoms with E-state index in [1.165, 1.54) is 43.2 Å². The van der Waals surface area contributed by atoms with Gasteiger partial charge in [-0.1, -0.05) is 30.3 Å². The first-order valence-corrected chi connectivity index (χ1v) is 12.4. The number of fused-ring (bicyclic) bond motifs is 1. The minimum atomic E-state index is -0.617. The second-order valence-electron chi connectivity index (χ2n) is 9.03. The largest absolute Gasteiger partial charge is 0.493 e. The van der Waals surface area contributed by atoms with Crippen molar-refractivity contribution in [1.82, 2.24) is 14.5 Å². The highest BCUT2D eigenvalue weighted by atomic mass is 19.1. The molecule has 5 rings (SSSR count). The lowest BCUT2D eigenvalue weighted by Gasteiger charge is -2.17. The molecule has 204 valence electrons. The standard InChI is InChI=1S/C30H26FN3O6/c1-38-26-14-23-25(15-27(26)39-2)33(18-21-6-3-4-8-24(21)31)30(37)34(29(23)36)17-19-9-11-20(12-10-19)28(35)32-16-22-7-5-13-40-22/h3-15H,16-18H2,1-2H3,(H,32,35). The summed E-state index contributed by atoms with van der Waals surface area (Å²) in [6.07, 6.45) is 1.53. The average Bonchev–Trinajstić information content (AvgIpc) is 3.50. The maximum atomic E-state index is 14.6. The Labute approximate surface area is 228 Å². The van der Waals surface area contributed by atoms with E-state index in [0.717, 1.165) is 4.57 Å². The number of hydrogen-bond donors (Lipinski definition) is 1. The molecule has 2 aromatic heterocycles. The van der Waals surface area contributed by atoms with Crippen LogP contribution in [-0.4, -0.2) is 29.3 Å².